The van der Waals surface area contributed by atoms with Crippen molar-refractivity contribution in [2.24, 2.45) is 0 Å². The topological polar surface area (TPSA) is 79.4 Å². The minimum absolute atomic E-state index is 0.0819. The summed E-state index contributed by atoms with van der Waals surface area (Å²) < 4.78 is 39.5. The van der Waals surface area contributed by atoms with Crippen LogP contribution in [-0.4, -0.2) is 81.5 Å². The molecule has 2 aliphatic heterocycles. The summed E-state index contributed by atoms with van der Waals surface area (Å²) in [6.45, 7) is 5.59. The molecule has 178 valence electrons. The van der Waals surface area contributed by atoms with Crippen molar-refractivity contribution in [3.8, 4) is 5.75 Å². The van der Waals surface area contributed by atoms with Gasteiger partial charge in [0, 0.05) is 26.2 Å². The Hall–Kier alpha value is -2.46. The molecule has 2 aromatic carbocycles. The zero-order valence-electron chi connectivity index (χ0n) is 19.1. The molecule has 0 unspecified atom stereocenters. The van der Waals surface area contributed by atoms with Crippen molar-refractivity contribution in [1.82, 2.24) is 14.1 Å². The van der Waals surface area contributed by atoms with E-state index in [4.69, 9.17) is 9.47 Å². The number of rotatable bonds is 6. The number of sulfonamides is 1. The number of morpholine rings is 1. The molecule has 0 aromatic heterocycles. The second-order valence-corrected chi connectivity index (χ2v) is 10.3. The first kappa shape index (κ1) is 23.7. The van der Waals surface area contributed by atoms with E-state index >= 15 is 0 Å². The Bertz CT molecular complexity index is 1050. The van der Waals surface area contributed by atoms with Crippen molar-refractivity contribution in [1.29, 1.82) is 0 Å². The van der Waals surface area contributed by atoms with Crippen LogP contribution in [0, 0.1) is 6.92 Å². The lowest BCUT2D eigenvalue weighted by atomic mass is 10.1. The van der Waals surface area contributed by atoms with Crippen molar-refractivity contribution in [2.45, 2.75) is 24.4 Å². The Kier molecular flexibility index (Phi) is 7.33. The molecule has 0 N–H and O–H groups in total. The molecule has 2 aromatic rings. The number of carbonyl (C=O) groups excluding carboxylic acids is 1. The van der Waals surface area contributed by atoms with Gasteiger partial charge in [-0.25, -0.2) is 8.42 Å². The molecule has 0 bridgehead atoms. The quantitative estimate of drug-likeness (QED) is 0.640. The van der Waals surface area contributed by atoms with Crippen molar-refractivity contribution in [3.05, 3.63) is 59.7 Å². The molecule has 2 aliphatic rings. The molecule has 0 saturated carbocycles. The van der Waals surface area contributed by atoms with Crippen LogP contribution in [0.3, 0.4) is 0 Å². The molecule has 4 rings (SSSR count). The van der Waals surface area contributed by atoms with E-state index in [1.54, 1.807) is 48.4 Å². The molecule has 8 nitrogen and oxygen atoms in total. The van der Waals surface area contributed by atoms with E-state index in [2.05, 4.69) is 4.90 Å². The molecule has 0 aliphatic carbocycles. The Balaban J connectivity index is 1.69. The summed E-state index contributed by atoms with van der Waals surface area (Å²) in [4.78, 5) is 17.4. The van der Waals surface area contributed by atoms with Gasteiger partial charge in [0.05, 0.1) is 31.8 Å². The number of aryl methyl sites for hydroxylation is 1. The van der Waals surface area contributed by atoms with Gasteiger partial charge in [-0.1, -0.05) is 29.8 Å². The molecule has 33 heavy (non-hydrogen) atoms. The zero-order chi connectivity index (χ0) is 23.4. The van der Waals surface area contributed by atoms with Gasteiger partial charge in [0.15, 0.2) is 0 Å². The molecule has 1 amide bonds. The van der Waals surface area contributed by atoms with Gasteiger partial charge in [0.1, 0.15) is 11.9 Å². The fourth-order valence-corrected chi connectivity index (χ4v) is 5.94. The summed E-state index contributed by atoms with van der Waals surface area (Å²) in [6, 6.07) is 14.1. The molecule has 1 atom stereocenters. The standard InChI is InChI=1S/C24H31N3O5S/c1-19-4-10-22(11-5-19)33(29,30)27-13-3-12-26(23(28)18-25-14-16-32-17-15-25)24(27)20-6-8-21(31-2)9-7-20/h4-11,24H,3,12-18H2,1-2H3/t24-/m1/s1. The number of hydrogen-bond donors (Lipinski definition) is 0. The minimum atomic E-state index is -3.82. The average Bonchev–Trinajstić information content (AvgIpc) is 2.84. The number of carbonyl (C=O) groups is 1. The monoisotopic (exact) mass is 473 g/mol. The summed E-state index contributed by atoms with van der Waals surface area (Å²) in [7, 11) is -2.23. The van der Waals surface area contributed by atoms with Crippen LogP contribution in [0.1, 0.15) is 23.7 Å². The van der Waals surface area contributed by atoms with E-state index in [0.29, 0.717) is 51.6 Å². The molecule has 2 saturated heterocycles. The summed E-state index contributed by atoms with van der Waals surface area (Å²) in [6.07, 6.45) is -0.142. The number of methoxy groups -OCH3 is 1. The van der Waals surface area contributed by atoms with E-state index in [1.165, 1.54) is 4.31 Å². The van der Waals surface area contributed by atoms with E-state index in [1.807, 2.05) is 19.1 Å². The second-order valence-electron chi connectivity index (χ2n) is 8.40. The highest BCUT2D eigenvalue weighted by atomic mass is 32.2. The molecular formula is C24H31N3O5S. The van der Waals surface area contributed by atoms with Crippen LogP contribution < -0.4 is 4.74 Å². The highest BCUT2D eigenvalue weighted by molar-refractivity contribution is 7.89. The van der Waals surface area contributed by atoms with Crippen LogP contribution in [-0.2, 0) is 19.6 Å². The summed E-state index contributed by atoms with van der Waals surface area (Å²) in [5, 5.41) is 0. The first-order chi connectivity index (χ1) is 15.9. The van der Waals surface area contributed by atoms with E-state index in [-0.39, 0.29) is 17.3 Å². The average molecular weight is 474 g/mol. The van der Waals surface area contributed by atoms with Crippen LogP contribution in [0.25, 0.3) is 0 Å². The lowest BCUT2D eigenvalue weighted by molar-refractivity contribution is -0.140. The minimum Gasteiger partial charge on any atom is -0.497 e. The lowest BCUT2D eigenvalue weighted by Crippen LogP contribution is -2.54. The number of benzene rings is 2. The Morgan fingerprint density at radius 1 is 1.00 bits per heavy atom. The van der Waals surface area contributed by atoms with Gasteiger partial charge in [0.25, 0.3) is 0 Å². The van der Waals surface area contributed by atoms with Gasteiger partial charge >= 0.3 is 0 Å². The molecule has 2 fully saturated rings. The van der Waals surface area contributed by atoms with Gasteiger partial charge in [0.2, 0.25) is 15.9 Å². The maximum atomic E-state index is 13.7. The van der Waals surface area contributed by atoms with E-state index < -0.39 is 16.2 Å². The summed E-state index contributed by atoms with van der Waals surface area (Å²) in [5.74, 6) is 0.593. The predicted molar refractivity (Wildman–Crippen MR) is 124 cm³/mol. The molecular weight excluding hydrogens is 442 g/mol. The molecule has 9 heteroatoms. The van der Waals surface area contributed by atoms with Crippen molar-refractivity contribution in [2.75, 3.05) is 53.0 Å². The maximum absolute atomic E-state index is 13.7. The molecule has 0 radical (unpaired) electrons. The number of nitrogens with zero attached hydrogens (tertiary/aromatic N) is 3. The van der Waals surface area contributed by atoms with Gasteiger partial charge < -0.3 is 14.4 Å². The van der Waals surface area contributed by atoms with E-state index in [0.717, 1.165) is 11.1 Å². The SMILES string of the molecule is COc1ccc([C@@H]2N(C(=O)CN3CCOCC3)CCCN2S(=O)(=O)c2ccc(C)cc2)cc1. The maximum Gasteiger partial charge on any atom is 0.245 e. The Labute approximate surface area is 195 Å². The van der Waals surface area contributed by atoms with Crippen LogP contribution in [0.2, 0.25) is 0 Å². The van der Waals surface area contributed by atoms with Gasteiger partial charge in [-0.3, -0.25) is 9.69 Å². The van der Waals surface area contributed by atoms with Gasteiger partial charge in [-0.15, -0.1) is 0 Å². The van der Waals surface area contributed by atoms with Crippen molar-refractivity contribution < 1.29 is 22.7 Å². The fourth-order valence-electron chi connectivity index (χ4n) is 4.32. The molecule has 0 spiro atoms. The van der Waals surface area contributed by atoms with Gasteiger partial charge in [-0.2, -0.15) is 4.31 Å². The van der Waals surface area contributed by atoms with Crippen molar-refractivity contribution in [3.63, 3.8) is 0 Å². The first-order valence-corrected chi connectivity index (χ1v) is 12.7. The third kappa shape index (κ3) is 5.22. The highest BCUT2D eigenvalue weighted by Gasteiger charge is 2.41. The fraction of sp³-hybridized carbons (Fsp3) is 0.458. The normalized spacial score (nSPS) is 20.5. The second kappa shape index (κ2) is 10.2. The van der Waals surface area contributed by atoms with Crippen molar-refractivity contribution >= 4 is 15.9 Å². The van der Waals surface area contributed by atoms with E-state index in [9.17, 15) is 13.2 Å². The first-order valence-electron chi connectivity index (χ1n) is 11.2. The highest BCUT2D eigenvalue weighted by Crippen LogP contribution is 2.35. The van der Waals surface area contributed by atoms with Crippen LogP contribution >= 0.6 is 0 Å². The van der Waals surface area contributed by atoms with Crippen LogP contribution in [0.15, 0.2) is 53.4 Å². The number of hydrogen-bond acceptors (Lipinski definition) is 6. The van der Waals surface area contributed by atoms with Crippen LogP contribution in [0.4, 0.5) is 0 Å². The third-order valence-electron chi connectivity index (χ3n) is 6.17. The Morgan fingerprint density at radius 2 is 1.67 bits per heavy atom. The number of ether oxygens (including phenoxy) is 2. The Morgan fingerprint density at radius 3 is 2.30 bits per heavy atom. The lowest BCUT2D eigenvalue weighted by Gasteiger charge is -2.44. The predicted octanol–water partition coefficient (Wildman–Crippen LogP) is 2.26. The summed E-state index contributed by atoms with van der Waals surface area (Å²) in [5.41, 5.74) is 1.73. The molecule has 2 heterocycles. The van der Waals surface area contributed by atoms with Gasteiger partial charge in [-0.05, 0) is 43.2 Å². The smallest absolute Gasteiger partial charge is 0.245 e. The number of amides is 1. The zero-order valence-corrected chi connectivity index (χ0v) is 20.0. The summed E-state index contributed by atoms with van der Waals surface area (Å²) >= 11 is 0. The largest absolute Gasteiger partial charge is 0.497 e. The third-order valence-corrected chi connectivity index (χ3v) is 8.04. The van der Waals surface area contributed by atoms with Crippen LogP contribution in [0.5, 0.6) is 5.75 Å².